The predicted molar refractivity (Wildman–Crippen MR) is 63.8 cm³/mol. The fourth-order valence-electron chi connectivity index (χ4n) is 2.46. The normalized spacial score (nSPS) is 24.6. The molecule has 5 heteroatoms. The first-order valence-electron chi connectivity index (χ1n) is 5.96. The minimum Gasteiger partial charge on any atom is -0.481 e. The van der Waals surface area contributed by atoms with E-state index in [0.29, 0.717) is 13.0 Å². The van der Waals surface area contributed by atoms with Crippen LogP contribution in [0.15, 0.2) is 23.0 Å². The molecule has 1 aliphatic carbocycles. The molecule has 0 spiro atoms. The maximum atomic E-state index is 11.9. The zero-order valence-corrected chi connectivity index (χ0v) is 10.5. The van der Waals surface area contributed by atoms with E-state index in [4.69, 9.17) is 9.52 Å². The van der Waals surface area contributed by atoms with Gasteiger partial charge in [0.2, 0.25) is 5.91 Å². The molecule has 1 amide bonds. The second-order valence-electron chi connectivity index (χ2n) is 5.29. The Kier molecular flexibility index (Phi) is 3.15. The Bertz CT molecular complexity index is 450. The number of hydrogen-bond acceptors (Lipinski definition) is 3. The number of carboxylic acids is 1. The van der Waals surface area contributed by atoms with Crippen molar-refractivity contribution < 1.29 is 19.1 Å². The third-order valence-electron chi connectivity index (χ3n) is 3.67. The lowest BCUT2D eigenvalue weighted by Gasteiger charge is -2.04. The van der Waals surface area contributed by atoms with Crippen molar-refractivity contribution in [2.75, 3.05) is 6.54 Å². The molecule has 0 unspecified atom stereocenters. The summed E-state index contributed by atoms with van der Waals surface area (Å²) in [6, 6.07) is 1.84. The van der Waals surface area contributed by atoms with Crippen molar-refractivity contribution in [1.82, 2.24) is 5.32 Å². The minimum absolute atomic E-state index is 0.170. The van der Waals surface area contributed by atoms with Crippen molar-refractivity contribution in [2.45, 2.75) is 20.3 Å². The number of carbonyl (C=O) groups excluding carboxylic acids is 1. The van der Waals surface area contributed by atoms with Gasteiger partial charge in [-0.25, -0.2) is 0 Å². The van der Waals surface area contributed by atoms with Crippen LogP contribution in [-0.4, -0.2) is 23.5 Å². The van der Waals surface area contributed by atoms with Gasteiger partial charge in [-0.05, 0) is 23.5 Å². The van der Waals surface area contributed by atoms with E-state index in [0.717, 1.165) is 5.56 Å². The summed E-state index contributed by atoms with van der Waals surface area (Å²) in [4.78, 5) is 22.8. The van der Waals surface area contributed by atoms with Gasteiger partial charge in [0.1, 0.15) is 0 Å². The van der Waals surface area contributed by atoms with Crippen LogP contribution < -0.4 is 5.32 Å². The molecular formula is C13H17NO4. The van der Waals surface area contributed by atoms with Gasteiger partial charge in [-0.2, -0.15) is 0 Å². The monoisotopic (exact) mass is 251 g/mol. The van der Waals surface area contributed by atoms with Crippen LogP contribution in [0.5, 0.6) is 0 Å². The summed E-state index contributed by atoms with van der Waals surface area (Å²) < 4.78 is 4.92. The van der Waals surface area contributed by atoms with Gasteiger partial charge in [0.25, 0.3) is 0 Å². The molecule has 1 heterocycles. The first-order chi connectivity index (χ1) is 8.44. The van der Waals surface area contributed by atoms with Crippen LogP contribution in [0.3, 0.4) is 0 Å². The summed E-state index contributed by atoms with van der Waals surface area (Å²) in [5, 5.41) is 11.8. The molecule has 2 rings (SSSR count). The van der Waals surface area contributed by atoms with Gasteiger partial charge in [-0.15, -0.1) is 0 Å². The highest BCUT2D eigenvalue weighted by atomic mass is 16.4. The molecule has 0 bridgehead atoms. The second kappa shape index (κ2) is 4.48. The van der Waals surface area contributed by atoms with Crippen LogP contribution in [0.2, 0.25) is 0 Å². The number of carboxylic acid groups (broad SMARTS) is 1. The number of rotatable bonds is 5. The fourth-order valence-corrected chi connectivity index (χ4v) is 2.46. The zero-order chi connectivity index (χ0) is 13.3. The summed E-state index contributed by atoms with van der Waals surface area (Å²) in [6.07, 6.45) is 3.90. The van der Waals surface area contributed by atoms with Gasteiger partial charge < -0.3 is 14.8 Å². The minimum atomic E-state index is -0.894. The number of hydrogen-bond donors (Lipinski definition) is 2. The largest absolute Gasteiger partial charge is 0.481 e. The van der Waals surface area contributed by atoms with Crippen molar-refractivity contribution in [1.29, 1.82) is 0 Å². The lowest BCUT2D eigenvalue weighted by molar-refractivity contribution is -0.140. The van der Waals surface area contributed by atoms with Crippen LogP contribution in [0, 0.1) is 17.3 Å². The van der Waals surface area contributed by atoms with E-state index in [1.807, 2.05) is 19.9 Å². The summed E-state index contributed by atoms with van der Waals surface area (Å²) in [5.74, 6) is -2.04. The maximum absolute atomic E-state index is 11.9. The van der Waals surface area contributed by atoms with Crippen molar-refractivity contribution in [3.8, 4) is 0 Å². The Morgan fingerprint density at radius 3 is 2.67 bits per heavy atom. The molecule has 1 saturated carbocycles. The Hall–Kier alpha value is -1.78. The molecular weight excluding hydrogens is 234 g/mol. The smallest absolute Gasteiger partial charge is 0.307 e. The Labute approximate surface area is 105 Å². The van der Waals surface area contributed by atoms with E-state index >= 15 is 0 Å². The molecule has 18 heavy (non-hydrogen) atoms. The number of aliphatic carboxylic acids is 1. The maximum Gasteiger partial charge on any atom is 0.307 e. The zero-order valence-electron chi connectivity index (χ0n) is 10.5. The van der Waals surface area contributed by atoms with Gasteiger partial charge in [0, 0.05) is 6.54 Å². The molecule has 0 saturated heterocycles. The van der Waals surface area contributed by atoms with Crippen molar-refractivity contribution in [2.24, 2.45) is 17.3 Å². The first-order valence-corrected chi connectivity index (χ1v) is 5.96. The van der Waals surface area contributed by atoms with Crippen molar-refractivity contribution >= 4 is 11.9 Å². The Balaban J connectivity index is 1.81. The molecule has 0 aliphatic heterocycles. The van der Waals surface area contributed by atoms with Crippen LogP contribution in [0.1, 0.15) is 19.4 Å². The average molecular weight is 251 g/mol. The molecule has 1 aromatic rings. The average Bonchev–Trinajstić information content (AvgIpc) is 2.65. The van der Waals surface area contributed by atoms with E-state index < -0.39 is 23.2 Å². The quantitative estimate of drug-likeness (QED) is 0.826. The summed E-state index contributed by atoms with van der Waals surface area (Å²) in [7, 11) is 0. The predicted octanol–water partition coefficient (Wildman–Crippen LogP) is 1.30. The highest BCUT2D eigenvalue weighted by Gasteiger charge is 2.65. The molecule has 0 aromatic carbocycles. The lowest BCUT2D eigenvalue weighted by Crippen LogP contribution is -2.29. The van der Waals surface area contributed by atoms with E-state index in [-0.39, 0.29) is 5.91 Å². The summed E-state index contributed by atoms with van der Waals surface area (Å²) >= 11 is 0. The fraction of sp³-hybridized carbons (Fsp3) is 0.538. The summed E-state index contributed by atoms with van der Waals surface area (Å²) in [6.45, 7) is 4.12. The van der Waals surface area contributed by atoms with Gasteiger partial charge in [-0.3, -0.25) is 9.59 Å². The van der Waals surface area contributed by atoms with Gasteiger partial charge in [-0.1, -0.05) is 13.8 Å². The van der Waals surface area contributed by atoms with Gasteiger partial charge >= 0.3 is 5.97 Å². The lowest BCUT2D eigenvalue weighted by atomic mass is 10.1. The van der Waals surface area contributed by atoms with Gasteiger partial charge in [0.05, 0.1) is 24.4 Å². The standard InChI is InChI=1S/C13H17NO4/c1-13(2)9(10(13)12(16)17)11(15)14-5-3-8-4-6-18-7-8/h4,6-7,9-10H,3,5H2,1-2H3,(H,14,15)(H,16,17)/t9-,10+/m1/s1. The number of carbonyl (C=O) groups is 2. The van der Waals surface area contributed by atoms with Crippen molar-refractivity contribution in [3.63, 3.8) is 0 Å². The molecule has 1 fully saturated rings. The first kappa shape index (κ1) is 12.7. The molecule has 1 aliphatic rings. The number of nitrogens with one attached hydrogen (secondary N) is 1. The Morgan fingerprint density at radius 2 is 2.17 bits per heavy atom. The molecule has 2 atom stereocenters. The molecule has 5 nitrogen and oxygen atoms in total. The van der Waals surface area contributed by atoms with Crippen LogP contribution in [0.25, 0.3) is 0 Å². The SMILES string of the molecule is CC1(C)[C@H](C(=O)O)[C@@H]1C(=O)NCCc1ccoc1. The topological polar surface area (TPSA) is 79.5 Å². The number of amides is 1. The van der Waals surface area contributed by atoms with Crippen LogP contribution >= 0.6 is 0 Å². The number of furan rings is 1. The highest BCUT2D eigenvalue weighted by Crippen LogP contribution is 2.58. The Morgan fingerprint density at radius 1 is 1.44 bits per heavy atom. The molecule has 98 valence electrons. The molecule has 2 N–H and O–H groups in total. The van der Waals surface area contributed by atoms with Crippen LogP contribution in [0.4, 0.5) is 0 Å². The van der Waals surface area contributed by atoms with E-state index in [1.165, 1.54) is 0 Å². The van der Waals surface area contributed by atoms with E-state index in [9.17, 15) is 9.59 Å². The third kappa shape index (κ3) is 2.25. The highest BCUT2D eigenvalue weighted by molar-refractivity contribution is 5.91. The van der Waals surface area contributed by atoms with Gasteiger partial charge in [0.15, 0.2) is 0 Å². The van der Waals surface area contributed by atoms with E-state index in [2.05, 4.69) is 5.32 Å². The van der Waals surface area contributed by atoms with E-state index in [1.54, 1.807) is 12.5 Å². The third-order valence-corrected chi connectivity index (χ3v) is 3.67. The molecule has 1 aromatic heterocycles. The molecule has 0 radical (unpaired) electrons. The van der Waals surface area contributed by atoms with Crippen molar-refractivity contribution in [3.05, 3.63) is 24.2 Å². The second-order valence-corrected chi connectivity index (χ2v) is 5.29. The summed E-state index contributed by atoms with van der Waals surface area (Å²) in [5.41, 5.74) is 0.575. The van der Waals surface area contributed by atoms with Crippen LogP contribution in [-0.2, 0) is 16.0 Å².